The predicted molar refractivity (Wildman–Crippen MR) is 79.7 cm³/mol. The fraction of sp³-hybridized carbons (Fsp3) is 0.500. The van der Waals surface area contributed by atoms with Crippen molar-refractivity contribution in [3.8, 4) is 0 Å². The Balaban J connectivity index is 2.14. The van der Waals surface area contributed by atoms with Crippen molar-refractivity contribution in [1.29, 1.82) is 0 Å². The van der Waals surface area contributed by atoms with Crippen molar-refractivity contribution < 1.29 is 9.59 Å². The van der Waals surface area contributed by atoms with E-state index in [2.05, 4.69) is 11.4 Å². The Morgan fingerprint density at radius 1 is 1.30 bits per heavy atom. The molecular weight excluding hydrogens is 252 g/mol. The van der Waals surface area contributed by atoms with E-state index in [1.165, 1.54) is 12.5 Å². The van der Waals surface area contributed by atoms with Gasteiger partial charge in [0.1, 0.15) is 6.04 Å². The van der Waals surface area contributed by atoms with Crippen LogP contribution >= 0.6 is 0 Å². The second kappa shape index (κ2) is 5.27. The number of fused-ring (bicyclic) bond motifs is 1. The average Bonchev–Trinajstić information content (AvgIpc) is 2.44. The van der Waals surface area contributed by atoms with Crippen LogP contribution in [-0.2, 0) is 16.0 Å². The molecule has 4 heteroatoms. The van der Waals surface area contributed by atoms with Gasteiger partial charge in [-0.25, -0.2) is 0 Å². The van der Waals surface area contributed by atoms with Gasteiger partial charge in [-0.1, -0.05) is 18.2 Å². The van der Waals surface area contributed by atoms with Gasteiger partial charge in [-0.15, -0.1) is 0 Å². The van der Waals surface area contributed by atoms with E-state index in [1.807, 2.05) is 18.2 Å². The first-order valence-electron chi connectivity index (χ1n) is 6.97. The van der Waals surface area contributed by atoms with Gasteiger partial charge < -0.3 is 10.2 Å². The third-order valence-corrected chi connectivity index (χ3v) is 4.38. The maximum Gasteiger partial charge on any atom is 0.245 e. The quantitative estimate of drug-likeness (QED) is 0.919. The van der Waals surface area contributed by atoms with Crippen molar-refractivity contribution in [2.75, 3.05) is 12.4 Å². The first-order valence-corrected chi connectivity index (χ1v) is 6.97. The molecule has 0 radical (unpaired) electrons. The summed E-state index contributed by atoms with van der Waals surface area (Å²) in [6.45, 7) is 5.08. The Kier molecular flexibility index (Phi) is 3.84. The van der Waals surface area contributed by atoms with Crippen LogP contribution in [0.4, 0.5) is 5.69 Å². The van der Waals surface area contributed by atoms with Gasteiger partial charge in [0.05, 0.1) is 5.54 Å². The average molecular weight is 274 g/mol. The molecule has 1 aliphatic heterocycles. The van der Waals surface area contributed by atoms with Crippen LogP contribution in [0.5, 0.6) is 0 Å². The molecule has 0 saturated carbocycles. The lowest BCUT2D eigenvalue weighted by Crippen LogP contribution is -2.54. The minimum absolute atomic E-state index is 0.00967. The number of likely N-dealkylation sites (N-methyl/N-ethyl adjacent to an activating group) is 1. The highest BCUT2D eigenvalue weighted by Crippen LogP contribution is 2.26. The zero-order valence-electron chi connectivity index (χ0n) is 12.6. The van der Waals surface area contributed by atoms with Crippen molar-refractivity contribution in [1.82, 2.24) is 4.90 Å². The van der Waals surface area contributed by atoms with E-state index in [0.29, 0.717) is 0 Å². The maximum atomic E-state index is 12.6. The molecule has 1 heterocycles. The van der Waals surface area contributed by atoms with Gasteiger partial charge in [0, 0.05) is 12.7 Å². The topological polar surface area (TPSA) is 49.4 Å². The van der Waals surface area contributed by atoms with Crippen molar-refractivity contribution in [3.05, 3.63) is 29.8 Å². The summed E-state index contributed by atoms with van der Waals surface area (Å²) in [5.41, 5.74) is 1.49. The number of hydrogen-bond donors (Lipinski definition) is 1. The summed E-state index contributed by atoms with van der Waals surface area (Å²) >= 11 is 0. The smallest absolute Gasteiger partial charge is 0.245 e. The Morgan fingerprint density at radius 2 is 1.95 bits per heavy atom. The normalized spacial score (nSPS) is 17.9. The van der Waals surface area contributed by atoms with Crippen LogP contribution < -0.4 is 5.32 Å². The lowest BCUT2D eigenvalue weighted by atomic mass is 9.94. The van der Waals surface area contributed by atoms with Crippen LogP contribution in [0.3, 0.4) is 0 Å². The first kappa shape index (κ1) is 14.6. The third-order valence-electron chi connectivity index (χ3n) is 4.38. The van der Waals surface area contributed by atoms with Gasteiger partial charge in [-0.05, 0) is 45.2 Å². The number of carbonyl (C=O) groups excluding carboxylic acids is 2. The van der Waals surface area contributed by atoms with Crippen LogP contribution in [0, 0.1) is 0 Å². The van der Waals surface area contributed by atoms with Crippen molar-refractivity contribution in [2.24, 2.45) is 0 Å². The van der Waals surface area contributed by atoms with E-state index < -0.39 is 5.54 Å². The first-order chi connectivity index (χ1) is 9.34. The summed E-state index contributed by atoms with van der Waals surface area (Å²) in [6, 6.07) is 7.78. The summed E-state index contributed by atoms with van der Waals surface area (Å²) in [5.74, 6) is -0.0377. The SMILES string of the molecule is CC(=O)C(C)(C)N(C)C(=O)C1CCc2ccccc2N1. The fourth-order valence-corrected chi connectivity index (χ4v) is 2.37. The molecule has 4 nitrogen and oxygen atoms in total. The van der Waals surface area contributed by atoms with Crippen LogP contribution in [0.15, 0.2) is 24.3 Å². The number of para-hydroxylation sites is 1. The van der Waals surface area contributed by atoms with Gasteiger partial charge in [-0.2, -0.15) is 0 Å². The lowest BCUT2D eigenvalue weighted by Gasteiger charge is -2.37. The molecule has 0 spiro atoms. The Hall–Kier alpha value is -1.84. The van der Waals surface area contributed by atoms with E-state index in [4.69, 9.17) is 0 Å². The number of Topliss-reactive ketones (excluding diaryl/α,β-unsaturated/α-hetero) is 1. The number of anilines is 1. The molecule has 1 aromatic carbocycles. The molecule has 0 bridgehead atoms. The molecule has 20 heavy (non-hydrogen) atoms. The second-order valence-electron chi connectivity index (χ2n) is 5.91. The largest absolute Gasteiger partial charge is 0.373 e. The van der Waals surface area contributed by atoms with Gasteiger partial charge in [-0.3, -0.25) is 9.59 Å². The summed E-state index contributed by atoms with van der Waals surface area (Å²) < 4.78 is 0. The molecule has 1 N–H and O–H groups in total. The molecule has 1 unspecified atom stereocenters. The molecule has 2 rings (SSSR count). The Bertz CT molecular complexity index is 537. The lowest BCUT2D eigenvalue weighted by molar-refractivity contribution is -0.142. The monoisotopic (exact) mass is 274 g/mol. The van der Waals surface area contributed by atoms with Crippen LogP contribution in [0.2, 0.25) is 0 Å². The second-order valence-corrected chi connectivity index (χ2v) is 5.91. The standard InChI is InChI=1S/C16H22N2O2/c1-11(19)16(2,3)18(4)15(20)14-10-9-12-7-5-6-8-13(12)17-14/h5-8,14,17H,9-10H2,1-4H3. The number of amides is 1. The fourth-order valence-electron chi connectivity index (χ4n) is 2.37. The number of ketones is 1. The molecule has 1 atom stereocenters. The molecule has 0 aliphatic carbocycles. The number of aryl methyl sites for hydroxylation is 1. The number of nitrogens with zero attached hydrogens (tertiary/aromatic N) is 1. The molecule has 1 aromatic rings. The molecule has 1 amide bonds. The van der Waals surface area contributed by atoms with Crippen molar-refractivity contribution >= 4 is 17.4 Å². The zero-order valence-corrected chi connectivity index (χ0v) is 12.6. The molecular formula is C16H22N2O2. The molecule has 108 valence electrons. The Morgan fingerprint density at radius 3 is 2.60 bits per heavy atom. The summed E-state index contributed by atoms with van der Waals surface area (Å²) in [4.78, 5) is 25.8. The summed E-state index contributed by atoms with van der Waals surface area (Å²) in [6.07, 6.45) is 1.64. The van der Waals surface area contributed by atoms with Crippen LogP contribution in [0.1, 0.15) is 32.8 Å². The number of rotatable bonds is 3. The molecule has 0 saturated heterocycles. The maximum absolute atomic E-state index is 12.6. The van der Waals surface area contributed by atoms with E-state index in [1.54, 1.807) is 25.8 Å². The number of carbonyl (C=O) groups is 2. The van der Waals surface area contributed by atoms with E-state index >= 15 is 0 Å². The van der Waals surface area contributed by atoms with E-state index in [9.17, 15) is 9.59 Å². The highest BCUT2D eigenvalue weighted by atomic mass is 16.2. The van der Waals surface area contributed by atoms with Gasteiger partial charge in [0.15, 0.2) is 5.78 Å². The summed E-state index contributed by atoms with van der Waals surface area (Å²) in [5, 5.41) is 3.29. The van der Waals surface area contributed by atoms with Crippen LogP contribution in [0.25, 0.3) is 0 Å². The Labute approximate surface area is 120 Å². The van der Waals surface area contributed by atoms with Crippen LogP contribution in [-0.4, -0.2) is 35.2 Å². The van der Waals surface area contributed by atoms with E-state index in [0.717, 1.165) is 18.5 Å². The van der Waals surface area contributed by atoms with Crippen molar-refractivity contribution in [3.63, 3.8) is 0 Å². The predicted octanol–water partition coefficient (Wildman–Crippen LogP) is 2.24. The van der Waals surface area contributed by atoms with Crippen molar-refractivity contribution in [2.45, 2.75) is 45.2 Å². The molecule has 1 aliphatic rings. The number of hydrogen-bond acceptors (Lipinski definition) is 3. The number of nitrogens with one attached hydrogen (secondary N) is 1. The number of benzene rings is 1. The minimum atomic E-state index is -0.768. The summed E-state index contributed by atoms with van der Waals surface area (Å²) in [7, 11) is 1.70. The zero-order chi connectivity index (χ0) is 14.9. The van der Waals surface area contributed by atoms with E-state index in [-0.39, 0.29) is 17.7 Å². The van der Waals surface area contributed by atoms with Gasteiger partial charge in [0.2, 0.25) is 5.91 Å². The van der Waals surface area contributed by atoms with Gasteiger partial charge in [0.25, 0.3) is 0 Å². The highest BCUT2D eigenvalue weighted by Gasteiger charge is 2.36. The van der Waals surface area contributed by atoms with Gasteiger partial charge >= 0.3 is 0 Å². The highest BCUT2D eigenvalue weighted by molar-refractivity contribution is 5.93. The molecule has 0 fully saturated rings. The molecule has 0 aromatic heterocycles. The third kappa shape index (κ3) is 2.55. The minimum Gasteiger partial charge on any atom is -0.373 e.